The van der Waals surface area contributed by atoms with E-state index in [4.69, 9.17) is 4.74 Å². The minimum absolute atomic E-state index is 0.352. The van der Waals surface area contributed by atoms with E-state index in [-0.39, 0.29) is 12.5 Å². The number of anilines is 1. The van der Waals surface area contributed by atoms with Crippen molar-refractivity contribution in [3.8, 4) is 5.69 Å². The first-order valence-electron chi connectivity index (χ1n) is 8.55. The Labute approximate surface area is 157 Å². The lowest BCUT2D eigenvalue weighted by molar-refractivity contribution is -0.119. The Morgan fingerprint density at radius 1 is 1.07 bits per heavy atom. The third kappa shape index (κ3) is 4.78. The van der Waals surface area contributed by atoms with Crippen LogP contribution < -0.4 is 5.32 Å². The van der Waals surface area contributed by atoms with Gasteiger partial charge in [-0.2, -0.15) is 5.10 Å². The molecule has 0 atom stereocenters. The summed E-state index contributed by atoms with van der Waals surface area (Å²) in [4.78, 5) is 27.9. The largest absolute Gasteiger partial charge is 0.452 e. The number of esters is 1. The number of amides is 1. The van der Waals surface area contributed by atoms with E-state index in [9.17, 15) is 9.59 Å². The molecule has 0 aliphatic heterocycles. The molecule has 3 rings (SSSR count). The number of carbonyl (C=O) groups is 2. The smallest absolute Gasteiger partial charge is 0.338 e. The predicted molar refractivity (Wildman–Crippen MR) is 101 cm³/mol. The molecule has 0 bridgehead atoms. The second kappa shape index (κ2) is 8.27. The summed E-state index contributed by atoms with van der Waals surface area (Å²) in [5, 5.41) is 6.72. The molecule has 0 aliphatic rings. The van der Waals surface area contributed by atoms with Crippen molar-refractivity contribution in [1.82, 2.24) is 14.8 Å². The van der Waals surface area contributed by atoms with Crippen LogP contribution in [0.5, 0.6) is 0 Å². The number of rotatable bonds is 6. The molecule has 7 nitrogen and oxygen atoms in total. The Kier molecular flexibility index (Phi) is 5.61. The lowest BCUT2D eigenvalue weighted by atomic mass is 10.0. The van der Waals surface area contributed by atoms with Gasteiger partial charge in [0.25, 0.3) is 5.91 Å². The highest BCUT2D eigenvalue weighted by molar-refractivity contribution is 5.95. The van der Waals surface area contributed by atoms with Gasteiger partial charge in [-0.3, -0.25) is 4.79 Å². The van der Waals surface area contributed by atoms with Crippen LogP contribution in [-0.4, -0.2) is 33.2 Å². The molecule has 138 valence electrons. The number of nitrogens with zero attached hydrogens (tertiary/aromatic N) is 3. The van der Waals surface area contributed by atoms with Crippen molar-refractivity contribution in [3.05, 3.63) is 72.3 Å². The van der Waals surface area contributed by atoms with Crippen molar-refractivity contribution in [3.63, 3.8) is 0 Å². The van der Waals surface area contributed by atoms with Crippen molar-refractivity contribution in [2.75, 3.05) is 11.9 Å². The Hall–Kier alpha value is -3.48. The first-order valence-corrected chi connectivity index (χ1v) is 8.55. The average molecular weight is 364 g/mol. The number of aromatic nitrogens is 3. The van der Waals surface area contributed by atoms with E-state index in [1.165, 1.54) is 11.9 Å². The standard InChI is InChI=1S/C20H20N4O3/c1-14(2)15-3-7-17(8-4-15)23-19(25)11-27-20(26)16-5-9-18(10-6-16)24-13-21-12-22-24/h3-10,12-14H,11H2,1-2H3,(H,23,25). The summed E-state index contributed by atoms with van der Waals surface area (Å²) < 4.78 is 6.65. The highest BCUT2D eigenvalue weighted by Gasteiger charge is 2.11. The molecule has 1 amide bonds. The monoisotopic (exact) mass is 364 g/mol. The summed E-state index contributed by atoms with van der Waals surface area (Å²) in [6.45, 7) is 3.85. The number of carbonyl (C=O) groups excluding carboxylic acids is 2. The number of ether oxygens (including phenoxy) is 1. The first-order chi connectivity index (χ1) is 13.0. The fourth-order valence-corrected chi connectivity index (χ4v) is 2.45. The molecule has 1 heterocycles. The molecule has 2 aromatic carbocycles. The zero-order valence-corrected chi connectivity index (χ0v) is 15.1. The molecule has 7 heteroatoms. The van der Waals surface area contributed by atoms with Crippen LogP contribution >= 0.6 is 0 Å². The second-order valence-electron chi connectivity index (χ2n) is 6.29. The van der Waals surface area contributed by atoms with Gasteiger partial charge in [0.15, 0.2) is 6.61 Å². The van der Waals surface area contributed by atoms with Crippen LogP contribution in [0.25, 0.3) is 5.69 Å². The van der Waals surface area contributed by atoms with Crippen LogP contribution in [0.4, 0.5) is 5.69 Å². The highest BCUT2D eigenvalue weighted by Crippen LogP contribution is 2.17. The summed E-state index contributed by atoms with van der Waals surface area (Å²) >= 11 is 0. The highest BCUT2D eigenvalue weighted by atomic mass is 16.5. The molecule has 0 saturated carbocycles. The van der Waals surface area contributed by atoms with Crippen LogP contribution in [0.1, 0.15) is 35.7 Å². The second-order valence-corrected chi connectivity index (χ2v) is 6.29. The van der Waals surface area contributed by atoms with Gasteiger partial charge < -0.3 is 10.1 Å². The van der Waals surface area contributed by atoms with Crippen molar-refractivity contribution in [1.29, 1.82) is 0 Å². The van der Waals surface area contributed by atoms with Gasteiger partial charge in [0.1, 0.15) is 12.7 Å². The maximum atomic E-state index is 12.1. The van der Waals surface area contributed by atoms with Crippen molar-refractivity contribution in [2.45, 2.75) is 19.8 Å². The molecular formula is C20H20N4O3. The lowest BCUT2D eigenvalue weighted by Gasteiger charge is -2.09. The van der Waals surface area contributed by atoms with E-state index in [2.05, 4.69) is 29.2 Å². The topological polar surface area (TPSA) is 86.1 Å². The predicted octanol–water partition coefficient (Wildman–Crippen LogP) is 3.19. The Morgan fingerprint density at radius 2 is 1.78 bits per heavy atom. The van der Waals surface area contributed by atoms with E-state index in [0.29, 0.717) is 17.2 Å². The molecule has 0 saturated heterocycles. The van der Waals surface area contributed by atoms with Gasteiger partial charge in [-0.15, -0.1) is 0 Å². The van der Waals surface area contributed by atoms with Crippen LogP contribution in [0.3, 0.4) is 0 Å². The minimum Gasteiger partial charge on any atom is -0.452 e. The molecule has 3 aromatic rings. The van der Waals surface area contributed by atoms with Gasteiger partial charge in [-0.1, -0.05) is 26.0 Å². The molecule has 27 heavy (non-hydrogen) atoms. The van der Waals surface area contributed by atoms with Crippen LogP contribution in [0, 0.1) is 0 Å². The van der Waals surface area contributed by atoms with Gasteiger partial charge in [0.2, 0.25) is 0 Å². The molecule has 0 aliphatic carbocycles. The quantitative estimate of drug-likeness (QED) is 0.679. The minimum atomic E-state index is -0.564. The third-order valence-corrected chi connectivity index (χ3v) is 3.98. The number of nitrogens with one attached hydrogen (secondary N) is 1. The number of hydrogen-bond acceptors (Lipinski definition) is 5. The lowest BCUT2D eigenvalue weighted by Crippen LogP contribution is -2.21. The molecule has 1 aromatic heterocycles. The maximum Gasteiger partial charge on any atom is 0.338 e. The summed E-state index contributed by atoms with van der Waals surface area (Å²) in [7, 11) is 0. The first kappa shape index (κ1) is 18.3. The van der Waals surface area contributed by atoms with E-state index >= 15 is 0 Å². The summed E-state index contributed by atoms with van der Waals surface area (Å²) in [6.07, 6.45) is 2.99. The Morgan fingerprint density at radius 3 is 2.37 bits per heavy atom. The summed E-state index contributed by atoms with van der Waals surface area (Å²) in [5.41, 5.74) is 2.98. The zero-order valence-electron chi connectivity index (χ0n) is 15.1. The number of benzene rings is 2. The molecular weight excluding hydrogens is 344 g/mol. The maximum absolute atomic E-state index is 12.1. The third-order valence-electron chi connectivity index (χ3n) is 3.98. The molecule has 0 unspecified atom stereocenters. The molecule has 1 N–H and O–H groups in total. The van der Waals surface area contributed by atoms with E-state index < -0.39 is 5.97 Å². The molecule has 0 radical (unpaired) electrons. The van der Waals surface area contributed by atoms with Crippen LogP contribution in [-0.2, 0) is 9.53 Å². The van der Waals surface area contributed by atoms with Crippen molar-refractivity contribution in [2.24, 2.45) is 0 Å². The zero-order chi connectivity index (χ0) is 19.2. The Bertz CT molecular complexity index is 901. The van der Waals surface area contributed by atoms with Crippen molar-refractivity contribution < 1.29 is 14.3 Å². The van der Waals surface area contributed by atoms with Crippen LogP contribution in [0.2, 0.25) is 0 Å². The summed E-state index contributed by atoms with van der Waals surface area (Å²) in [5.74, 6) is -0.531. The number of hydrogen-bond donors (Lipinski definition) is 1. The van der Waals surface area contributed by atoms with Crippen molar-refractivity contribution >= 4 is 17.6 Å². The van der Waals surface area contributed by atoms with E-state index in [0.717, 1.165) is 5.69 Å². The van der Waals surface area contributed by atoms with E-state index in [1.54, 1.807) is 35.3 Å². The summed E-state index contributed by atoms with van der Waals surface area (Å²) in [6, 6.07) is 14.3. The normalized spacial score (nSPS) is 10.6. The molecule has 0 fully saturated rings. The van der Waals surface area contributed by atoms with Gasteiger partial charge in [-0.05, 0) is 47.9 Å². The fourth-order valence-electron chi connectivity index (χ4n) is 2.45. The van der Waals surface area contributed by atoms with Crippen LogP contribution in [0.15, 0.2) is 61.2 Å². The average Bonchev–Trinajstić information content (AvgIpc) is 3.21. The van der Waals surface area contributed by atoms with Gasteiger partial charge in [0.05, 0.1) is 11.3 Å². The van der Waals surface area contributed by atoms with Gasteiger partial charge >= 0.3 is 5.97 Å². The van der Waals surface area contributed by atoms with Gasteiger partial charge in [-0.25, -0.2) is 14.5 Å². The molecule has 0 spiro atoms. The van der Waals surface area contributed by atoms with E-state index in [1.807, 2.05) is 24.3 Å². The fraction of sp³-hybridized carbons (Fsp3) is 0.200. The van der Waals surface area contributed by atoms with Gasteiger partial charge in [0, 0.05) is 5.69 Å². The Balaban J connectivity index is 1.51. The SMILES string of the molecule is CC(C)c1ccc(NC(=O)COC(=O)c2ccc(-n3cncn3)cc2)cc1.